The highest BCUT2D eigenvalue weighted by Crippen LogP contribution is 2.14. The van der Waals surface area contributed by atoms with Crippen LogP contribution in [0.4, 0.5) is 0 Å². The molecule has 0 bridgehead atoms. The molecule has 3 N–H and O–H groups in total. The first-order valence-electron chi connectivity index (χ1n) is 6.33. The van der Waals surface area contributed by atoms with E-state index in [0.717, 1.165) is 13.1 Å². The summed E-state index contributed by atoms with van der Waals surface area (Å²) in [5.74, 6) is 0.571. The van der Waals surface area contributed by atoms with Crippen molar-refractivity contribution >= 4 is 15.7 Å². The zero-order valence-corrected chi connectivity index (χ0v) is 11.4. The summed E-state index contributed by atoms with van der Waals surface area (Å²) < 4.78 is 22.5. The number of rotatable bonds is 3. The molecule has 2 saturated heterocycles. The average Bonchev–Trinajstić information content (AvgIpc) is 2.71. The summed E-state index contributed by atoms with van der Waals surface area (Å²) in [6.07, 6.45) is 0.532. The first-order chi connectivity index (χ1) is 8.35. The van der Waals surface area contributed by atoms with E-state index in [4.69, 9.17) is 5.73 Å². The lowest BCUT2D eigenvalue weighted by molar-refractivity contribution is -0.122. The van der Waals surface area contributed by atoms with E-state index in [-0.39, 0.29) is 29.5 Å². The third-order valence-electron chi connectivity index (χ3n) is 3.71. The van der Waals surface area contributed by atoms with E-state index in [1.54, 1.807) is 0 Å². The minimum atomic E-state index is -2.93. The summed E-state index contributed by atoms with van der Waals surface area (Å²) >= 11 is 0. The lowest BCUT2D eigenvalue weighted by Crippen LogP contribution is -2.42. The molecule has 7 heteroatoms. The second kappa shape index (κ2) is 5.14. The Morgan fingerprint density at radius 3 is 2.67 bits per heavy atom. The smallest absolute Gasteiger partial charge is 0.234 e. The van der Waals surface area contributed by atoms with Gasteiger partial charge >= 0.3 is 0 Å². The van der Waals surface area contributed by atoms with Gasteiger partial charge in [0.1, 0.15) is 0 Å². The zero-order chi connectivity index (χ0) is 13.3. The van der Waals surface area contributed by atoms with E-state index < -0.39 is 9.84 Å². The number of hydrogen-bond acceptors (Lipinski definition) is 5. The molecule has 1 amide bonds. The number of amides is 1. The zero-order valence-electron chi connectivity index (χ0n) is 10.6. The Hall–Kier alpha value is -0.660. The second-order valence-corrected chi connectivity index (χ2v) is 7.73. The van der Waals surface area contributed by atoms with E-state index in [1.807, 2.05) is 4.90 Å². The van der Waals surface area contributed by atoms with Gasteiger partial charge in [0.25, 0.3) is 0 Å². The fourth-order valence-electron chi connectivity index (χ4n) is 2.61. The molecule has 104 valence electrons. The Balaban J connectivity index is 1.76. The van der Waals surface area contributed by atoms with Crippen molar-refractivity contribution in [1.29, 1.82) is 0 Å². The van der Waals surface area contributed by atoms with Crippen LogP contribution in [0.2, 0.25) is 0 Å². The summed E-state index contributed by atoms with van der Waals surface area (Å²) in [5.41, 5.74) is 5.89. The van der Waals surface area contributed by atoms with Gasteiger partial charge in [-0.1, -0.05) is 6.92 Å². The van der Waals surface area contributed by atoms with Gasteiger partial charge < -0.3 is 11.1 Å². The summed E-state index contributed by atoms with van der Waals surface area (Å²) in [6.45, 7) is 3.95. The quantitative estimate of drug-likeness (QED) is 0.659. The molecule has 2 aliphatic heterocycles. The number of likely N-dealkylation sites (tertiary alicyclic amines) is 1. The summed E-state index contributed by atoms with van der Waals surface area (Å²) in [6, 6.07) is -0.0825. The van der Waals surface area contributed by atoms with Crippen LogP contribution in [0.3, 0.4) is 0 Å². The summed E-state index contributed by atoms with van der Waals surface area (Å²) in [5, 5.41) is 2.79. The minimum Gasteiger partial charge on any atom is -0.351 e. The molecule has 0 aromatic heterocycles. The van der Waals surface area contributed by atoms with Crippen molar-refractivity contribution in [3.05, 3.63) is 0 Å². The van der Waals surface area contributed by atoms with Gasteiger partial charge in [0.2, 0.25) is 5.91 Å². The van der Waals surface area contributed by atoms with Crippen molar-refractivity contribution in [2.24, 2.45) is 11.7 Å². The minimum absolute atomic E-state index is 0.0780. The molecule has 2 heterocycles. The number of nitrogens with two attached hydrogens (primary N) is 1. The highest BCUT2D eigenvalue weighted by Gasteiger charge is 2.31. The second-order valence-electron chi connectivity index (χ2n) is 5.50. The molecular weight excluding hydrogens is 254 g/mol. The molecular formula is C11H21N3O3S. The lowest BCUT2D eigenvalue weighted by atomic mass is 10.1. The highest BCUT2D eigenvalue weighted by atomic mass is 32.2. The Morgan fingerprint density at radius 1 is 1.44 bits per heavy atom. The Bertz CT molecular complexity index is 413. The summed E-state index contributed by atoms with van der Waals surface area (Å²) in [7, 11) is -2.93. The molecule has 2 aliphatic rings. The normalized spacial score (nSPS) is 35.8. The van der Waals surface area contributed by atoms with Crippen LogP contribution in [0, 0.1) is 5.92 Å². The number of nitrogens with zero attached hydrogens (tertiary/aromatic N) is 1. The van der Waals surface area contributed by atoms with E-state index in [2.05, 4.69) is 12.2 Å². The van der Waals surface area contributed by atoms with Gasteiger partial charge in [-0.25, -0.2) is 8.42 Å². The third kappa shape index (κ3) is 3.43. The van der Waals surface area contributed by atoms with Crippen LogP contribution in [-0.2, 0) is 14.6 Å². The maximum Gasteiger partial charge on any atom is 0.234 e. The van der Waals surface area contributed by atoms with Gasteiger partial charge in [0, 0.05) is 25.2 Å². The van der Waals surface area contributed by atoms with Gasteiger partial charge in [-0.05, 0) is 12.3 Å². The number of nitrogens with one attached hydrogen (secondary N) is 1. The van der Waals surface area contributed by atoms with E-state index in [0.29, 0.717) is 18.9 Å². The monoisotopic (exact) mass is 275 g/mol. The predicted octanol–water partition coefficient (Wildman–Crippen LogP) is -1.43. The van der Waals surface area contributed by atoms with Crippen molar-refractivity contribution in [2.45, 2.75) is 25.4 Å². The molecule has 0 saturated carbocycles. The number of carbonyl (C=O) groups is 1. The molecule has 2 rings (SSSR count). The van der Waals surface area contributed by atoms with Crippen LogP contribution in [0.1, 0.15) is 13.3 Å². The first-order valence-corrected chi connectivity index (χ1v) is 8.15. The molecule has 0 aromatic rings. The van der Waals surface area contributed by atoms with Gasteiger partial charge in [0.05, 0.1) is 18.1 Å². The standard InChI is InChI=1S/C11H21N3O3S/c1-8-4-14(5-10(8)12)6-11(15)13-9-2-3-18(16,17)7-9/h8-10H,2-7,12H2,1H3,(H,13,15). The lowest BCUT2D eigenvalue weighted by Gasteiger charge is -2.17. The van der Waals surface area contributed by atoms with Crippen molar-refractivity contribution in [2.75, 3.05) is 31.1 Å². The van der Waals surface area contributed by atoms with Crippen molar-refractivity contribution in [3.8, 4) is 0 Å². The third-order valence-corrected chi connectivity index (χ3v) is 5.48. The fraction of sp³-hybridized carbons (Fsp3) is 0.909. The van der Waals surface area contributed by atoms with Crippen molar-refractivity contribution in [3.63, 3.8) is 0 Å². The van der Waals surface area contributed by atoms with Crippen LogP contribution >= 0.6 is 0 Å². The number of carbonyl (C=O) groups excluding carboxylic acids is 1. The van der Waals surface area contributed by atoms with Gasteiger partial charge in [0.15, 0.2) is 9.84 Å². The molecule has 3 unspecified atom stereocenters. The van der Waals surface area contributed by atoms with Crippen molar-refractivity contribution in [1.82, 2.24) is 10.2 Å². The Morgan fingerprint density at radius 2 is 2.17 bits per heavy atom. The average molecular weight is 275 g/mol. The number of hydrogen-bond donors (Lipinski definition) is 2. The van der Waals surface area contributed by atoms with Gasteiger partial charge in [-0.3, -0.25) is 9.69 Å². The highest BCUT2D eigenvalue weighted by molar-refractivity contribution is 7.91. The largest absolute Gasteiger partial charge is 0.351 e. The molecule has 18 heavy (non-hydrogen) atoms. The van der Waals surface area contributed by atoms with Crippen LogP contribution in [-0.4, -0.2) is 62.4 Å². The predicted molar refractivity (Wildman–Crippen MR) is 68.8 cm³/mol. The van der Waals surface area contributed by atoms with Crippen LogP contribution in [0.15, 0.2) is 0 Å². The maximum atomic E-state index is 11.8. The molecule has 0 aromatic carbocycles. The molecule has 0 aliphatic carbocycles. The van der Waals surface area contributed by atoms with Crippen LogP contribution in [0.25, 0.3) is 0 Å². The van der Waals surface area contributed by atoms with Crippen LogP contribution in [0.5, 0.6) is 0 Å². The van der Waals surface area contributed by atoms with E-state index in [9.17, 15) is 13.2 Å². The molecule has 2 fully saturated rings. The van der Waals surface area contributed by atoms with Gasteiger partial charge in [-0.15, -0.1) is 0 Å². The van der Waals surface area contributed by atoms with Crippen molar-refractivity contribution < 1.29 is 13.2 Å². The van der Waals surface area contributed by atoms with E-state index in [1.165, 1.54) is 0 Å². The molecule has 0 radical (unpaired) electrons. The topological polar surface area (TPSA) is 92.5 Å². The fourth-order valence-corrected chi connectivity index (χ4v) is 4.28. The maximum absolute atomic E-state index is 11.8. The Labute approximate surface area is 108 Å². The van der Waals surface area contributed by atoms with Crippen LogP contribution < -0.4 is 11.1 Å². The summed E-state index contributed by atoms with van der Waals surface area (Å²) in [4.78, 5) is 13.8. The Kier molecular flexibility index (Phi) is 3.93. The number of sulfone groups is 1. The molecule has 6 nitrogen and oxygen atoms in total. The first kappa shape index (κ1) is 13.8. The molecule has 0 spiro atoms. The van der Waals surface area contributed by atoms with Gasteiger partial charge in [-0.2, -0.15) is 0 Å². The molecule has 3 atom stereocenters. The van der Waals surface area contributed by atoms with E-state index >= 15 is 0 Å². The SMILES string of the molecule is CC1CN(CC(=O)NC2CCS(=O)(=O)C2)CC1N.